The molecule has 2 atom stereocenters. The normalized spacial score (nSPS) is 22.1. The van der Waals surface area contributed by atoms with Crippen molar-refractivity contribution < 1.29 is 18.7 Å². The average Bonchev–Trinajstić information content (AvgIpc) is 3.15. The maximum Gasteiger partial charge on any atom is 0.228 e. The average molecular weight is 397 g/mol. The van der Waals surface area contributed by atoms with E-state index in [1.54, 1.807) is 35.1 Å². The van der Waals surface area contributed by atoms with E-state index < -0.39 is 5.92 Å². The number of ether oxygens (including phenoxy) is 1. The van der Waals surface area contributed by atoms with E-state index in [-0.39, 0.29) is 30.1 Å². The minimum absolute atomic E-state index is 0.0508. The molecular formula is C22H24FN3O3. The van der Waals surface area contributed by atoms with Gasteiger partial charge in [0.1, 0.15) is 11.6 Å². The van der Waals surface area contributed by atoms with Gasteiger partial charge in [0.2, 0.25) is 11.8 Å². The molecule has 2 heterocycles. The molecule has 0 aliphatic carbocycles. The number of anilines is 1. The second-order valence-electron chi connectivity index (χ2n) is 7.41. The van der Waals surface area contributed by atoms with Gasteiger partial charge in [-0.2, -0.15) is 0 Å². The molecule has 0 spiro atoms. The number of nitrogens with zero attached hydrogens (tertiary/aromatic N) is 2. The van der Waals surface area contributed by atoms with E-state index in [1.807, 2.05) is 18.2 Å². The summed E-state index contributed by atoms with van der Waals surface area (Å²) in [7, 11) is 1.59. The van der Waals surface area contributed by atoms with Crippen LogP contribution in [0.5, 0.6) is 5.75 Å². The third kappa shape index (κ3) is 3.96. The third-order valence-corrected chi connectivity index (χ3v) is 5.62. The van der Waals surface area contributed by atoms with Crippen molar-refractivity contribution in [1.82, 2.24) is 10.2 Å². The number of rotatable bonds is 4. The number of carbonyl (C=O) groups excluding carboxylic acids is 2. The summed E-state index contributed by atoms with van der Waals surface area (Å²) in [6, 6.07) is 13.4. The molecule has 0 bridgehead atoms. The van der Waals surface area contributed by atoms with Crippen molar-refractivity contribution in [3.63, 3.8) is 0 Å². The van der Waals surface area contributed by atoms with Gasteiger partial charge in [0.25, 0.3) is 0 Å². The molecular weight excluding hydrogens is 373 g/mol. The van der Waals surface area contributed by atoms with Gasteiger partial charge < -0.3 is 19.9 Å². The lowest BCUT2D eigenvalue weighted by Crippen LogP contribution is -2.50. The lowest BCUT2D eigenvalue weighted by Gasteiger charge is -2.38. The van der Waals surface area contributed by atoms with Crippen LogP contribution in [-0.4, -0.2) is 50.0 Å². The first kappa shape index (κ1) is 19.4. The molecule has 2 saturated heterocycles. The summed E-state index contributed by atoms with van der Waals surface area (Å²) >= 11 is 0. The zero-order chi connectivity index (χ0) is 20.4. The molecule has 152 valence electrons. The van der Waals surface area contributed by atoms with E-state index in [2.05, 4.69) is 5.32 Å². The minimum atomic E-state index is -0.404. The van der Waals surface area contributed by atoms with Crippen molar-refractivity contribution >= 4 is 17.5 Å². The Balaban J connectivity index is 1.51. The van der Waals surface area contributed by atoms with Crippen molar-refractivity contribution in [1.29, 1.82) is 0 Å². The van der Waals surface area contributed by atoms with Gasteiger partial charge in [0.05, 0.1) is 19.1 Å². The summed E-state index contributed by atoms with van der Waals surface area (Å²) in [4.78, 5) is 29.3. The van der Waals surface area contributed by atoms with Crippen LogP contribution in [0.4, 0.5) is 10.1 Å². The van der Waals surface area contributed by atoms with Gasteiger partial charge in [-0.25, -0.2) is 4.39 Å². The van der Waals surface area contributed by atoms with E-state index in [1.165, 1.54) is 12.1 Å². The Morgan fingerprint density at radius 1 is 1.21 bits per heavy atom. The summed E-state index contributed by atoms with van der Waals surface area (Å²) in [5, 5.41) is 3.28. The van der Waals surface area contributed by atoms with Crippen molar-refractivity contribution in [2.75, 3.05) is 38.2 Å². The molecule has 4 rings (SSSR count). The van der Waals surface area contributed by atoms with E-state index in [9.17, 15) is 14.0 Å². The molecule has 2 aliphatic heterocycles. The zero-order valence-electron chi connectivity index (χ0n) is 16.3. The van der Waals surface area contributed by atoms with Crippen molar-refractivity contribution in [3.8, 4) is 5.75 Å². The first-order valence-electron chi connectivity index (χ1n) is 9.78. The van der Waals surface area contributed by atoms with Crippen LogP contribution < -0.4 is 15.0 Å². The molecule has 1 N–H and O–H groups in total. The van der Waals surface area contributed by atoms with Crippen LogP contribution in [0.25, 0.3) is 0 Å². The quantitative estimate of drug-likeness (QED) is 0.861. The van der Waals surface area contributed by atoms with Crippen LogP contribution in [0, 0.1) is 11.7 Å². The Labute approximate surface area is 169 Å². The Hall–Kier alpha value is -2.93. The van der Waals surface area contributed by atoms with Crippen LogP contribution >= 0.6 is 0 Å². The molecule has 0 saturated carbocycles. The highest BCUT2D eigenvalue weighted by atomic mass is 19.1. The maximum absolute atomic E-state index is 13.7. The molecule has 2 aliphatic rings. The summed E-state index contributed by atoms with van der Waals surface area (Å²) in [5.74, 6) is -0.121. The number of halogens is 1. The number of carbonyl (C=O) groups is 2. The van der Waals surface area contributed by atoms with Gasteiger partial charge >= 0.3 is 0 Å². The van der Waals surface area contributed by atoms with Crippen molar-refractivity contribution in [3.05, 3.63) is 59.9 Å². The molecule has 7 heteroatoms. The van der Waals surface area contributed by atoms with Crippen molar-refractivity contribution in [2.24, 2.45) is 5.92 Å². The number of hydrogen-bond donors (Lipinski definition) is 1. The number of benzene rings is 2. The van der Waals surface area contributed by atoms with Crippen LogP contribution in [0.2, 0.25) is 0 Å². The lowest BCUT2D eigenvalue weighted by atomic mass is 9.99. The first-order chi connectivity index (χ1) is 14.1. The van der Waals surface area contributed by atoms with Crippen LogP contribution in [0.3, 0.4) is 0 Å². The van der Waals surface area contributed by atoms with E-state index in [0.717, 1.165) is 11.3 Å². The highest BCUT2D eigenvalue weighted by Crippen LogP contribution is 2.31. The summed E-state index contributed by atoms with van der Waals surface area (Å²) in [6.07, 6.45) is 0.185. The number of piperazine rings is 1. The predicted octanol–water partition coefficient (Wildman–Crippen LogP) is 2.36. The third-order valence-electron chi connectivity index (χ3n) is 5.62. The SMILES string of the molecule is COc1ccc(N2CC(C(=O)N3CCNCC3c3cccc(F)c3)CC2=O)cc1. The second-order valence-corrected chi connectivity index (χ2v) is 7.41. The number of methoxy groups -OCH3 is 1. The Morgan fingerprint density at radius 3 is 2.72 bits per heavy atom. The molecule has 2 aromatic carbocycles. The predicted molar refractivity (Wildman–Crippen MR) is 107 cm³/mol. The molecule has 0 radical (unpaired) electrons. The van der Waals surface area contributed by atoms with Gasteiger partial charge in [-0.3, -0.25) is 9.59 Å². The van der Waals surface area contributed by atoms with Crippen LogP contribution in [0.15, 0.2) is 48.5 Å². The highest BCUT2D eigenvalue weighted by Gasteiger charge is 2.39. The standard InChI is InChI=1S/C22H24FN3O3/c1-29-19-7-5-18(6-8-19)26-14-16(12-21(26)27)22(28)25-10-9-24-13-20(25)15-3-2-4-17(23)11-15/h2-8,11,16,20,24H,9-10,12-14H2,1H3. The minimum Gasteiger partial charge on any atom is -0.497 e. The fourth-order valence-corrected chi connectivity index (χ4v) is 4.10. The highest BCUT2D eigenvalue weighted by molar-refractivity contribution is 6.00. The van der Waals surface area contributed by atoms with E-state index in [4.69, 9.17) is 4.74 Å². The molecule has 29 heavy (non-hydrogen) atoms. The molecule has 0 aromatic heterocycles. The summed E-state index contributed by atoms with van der Waals surface area (Å²) in [6.45, 7) is 2.13. The Kier molecular flexibility index (Phi) is 5.49. The Bertz CT molecular complexity index is 902. The lowest BCUT2D eigenvalue weighted by molar-refractivity contribution is -0.139. The van der Waals surface area contributed by atoms with Gasteiger partial charge in [-0.05, 0) is 42.0 Å². The van der Waals surface area contributed by atoms with Crippen LogP contribution in [-0.2, 0) is 9.59 Å². The second kappa shape index (κ2) is 8.21. The summed E-state index contributed by atoms with van der Waals surface area (Å²) in [5.41, 5.74) is 1.52. The number of hydrogen-bond acceptors (Lipinski definition) is 4. The molecule has 2 amide bonds. The van der Waals surface area contributed by atoms with E-state index >= 15 is 0 Å². The summed E-state index contributed by atoms with van der Waals surface area (Å²) < 4.78 is 18.9. The van der Waals surface area contributed by atoms with Gasteiger partial charge in [-0.1, -0.05) is 12.1 Å². The van der Waals surface area contributed by atoms with Crippen LogP contribution in [0.1, 0.15) is 18.0 Å². The fraction of sp³-hybridized carbons (Fsp3) is 0.364. The van der Waals surface area contributed by atoms with E-state index in [0.29, 0.717) is 31.9 Å². The van der Waals surface area contributed by atoms with Gasteiger partial charge in [0.15, 0.2) is 0 Å². The van der Waals surface area contributed by atoms with Gasteiger partial charge in [-0.15, -0.1) is 0 Å². The zero-order valence-corrected chi connectivity index (χ0v) is 16.3. The topological polar surface area (TPSA) is 61.9 Å². The Morgan fingerprint density at radius 2 is 2.00 bits per heavy atom. The molecule has 6 nitrogen and oxygen atoms in total. The number of nitrogens with one attached hydrogen (secondary N) is 1. The largest absolute Gasteiger partial charge is 0.497 e. The molecule has 2 unspecified atom stereocenters. The molecule has 2 fully saturated rings. The fourth-order valence-electron chi connectivity index (χ4n) is 4.10. The number of amides is 2. The molecule has 2 aromatic rings. The monoisotopic (exact) mass is 397 g/mol. The first-order valence-corrected chi connectivity index (χ1v) is 9.78. The van der Waals surface area contributed by atoms with Crippen molar-refractivity contribution in [2.45, 2.75) is 12.5 Å². The maximum atomic E-state index is 13.7. The van der Waals surface area contributed by atoms with Gasteiger partial charge in [0, 0.05) is 38.3 Å². The smallest absolute Gasteiger partial charge is 0.228 e.